The summed E-state index contributed by atoms with van der Waals surface area (Å²) < 4.78 is 0. The van der Waals surface area contributed by atoms with E-state index in [4.69, 9.17) is 11.6 Å². The second kappa shape index (κ2) is 7.09. The summed E-state index contributed by atoms with van der Waals surface area (Å²) in [5.74, 6) is 0. The number of thiazole rings is 1. The van der Waals surface area contributed by atoms with Crippen molar-refractivity contribution >= 4 is 39.3 Å². The Morgan fingerprint density at radius 3 is 1.84 bits per heavy atom. The first-order valence-electron chi connectivity index (χ1n) is 7.93. The molecule has 122 valence electrons. The van der Waals surface area contributed by atoms with Crippen LogP contribution in [0.4, 0.5) is 16.4 Å². The number of anilines is 3. The van der Waals surface area contributed by atoms with Crippen molar-refractivity contribution in [1.82, 2.24) is 4.98 Å². The largest absolute Gasteiger partial charge is 0.301 e. The number of para-hydroxylation sites is 2. The van der Waals surface area contributed by atoms with Gasteiger partial charge in [0, 0.05) is 22.0 Å². The molecule has 0 aliphatic heterocycles. The first-order chi connectivity index (χ1) is 12.3. The van der Waals surface area contributed by atoms with Gasteiger partial charge in [0.15, 0.2) is 0 Å². The van der Waals surface area contributed by atoms with Gasteiger partial charge in [0.1, 0.15) is 10.0 Å². The van der Waals surface area contributed by atoms with Crippen LogP contribution in [0.2, 0.25) is 5.02 Å². The van der Waals surface area contributed by atoms with Crippen molar-refractivity contribution in [2.24, 2.45) is 0 Å². The highest BCUT2D eigenvalue weighted by Crippen LogP contribution is 2.40. The highest BCUT2D eigenvalue weighted by molar-refractivity contribution is 7.19. The number of rotatable bonds is 4. The lowest BCUT2D eigenvalue weighted by Crippen LogP contribution is -2.07. The Bertz CT molecular complexity index is 911. The van der Waals surface area contributed by atoms with E-state index >= 15 is 0 Å². The first-order valence-corrected chi connectivity index (χ1v) is 9.13. The Balaban J connectivity index is 1.77. The van der Waals surface area contributed by atoms with Crippen molar-refractivity contribution in [1.29, 1.82) is 0 Å². The third-order valence-electron chi connectivity index (χ3n) is 3.83. The molecule has 0 aliphatic carbocycles. The van der Waals surface area contributed by atoms with Crippen LogP contribution in [0, 0.1) is 0 Å². The lowest BCUT2D eigenvalue weighted by atomic mass is 10.2. The maximum Gasteiger partial charge on any atom is 0.125 e. The fourth-order valence-corrected chi connectivity index (χ4v) is 3.74. The molecule has 0 spiro atoms. The number of hydrogen-bond donors (Lipinski definition) is 0. The molecule has 0 atom stereocenters. The molecule has 0 fully saturated rings. The van der Waals surface area contributed by atoms with Gasteiger partial charge in [0.05, 0.1) is 6.20 Å². The van der Waals surface area contributed by atoms with Crippen molar-refractivity contribution < 1.29 is 0 Å². The predicted octanol–water partition coefficient (Wildman–Crippen LogP) is 6.93. The van der Waals surface area contributed by atoms with E-state index in [0.717, 1.165) is 32.0 Å². The lowest BCUT2D eigenvalue weighted by Gasteiger charge is -2.22. The molecule has 4 rings (SSSR count). The number of hydrogen-bond acceptors (Lipinski definition) is 3. The standard InChI is InChI=1S/C21H15ClN2S/c22-17-13-11-16(12-14-17)21-23-15-20(25-21)24(18-7-3-1-4-8-18)19-9-5-2-6-10-19/h1-15H. The van der Waals surface area contributed by atoms with E-state index < -0.39 is 0 Å². The van der Waals surface area contributed by atoms with Crippen LogP contribution in [-0.4, -0.2) is 4.98 Å². The van der Waals surface area contributed by atoms with Gasteiger partial charge in [0.25, 0.3) is 0 Å². The lowest BCUT2D eigenvalue weighted by molar-refractivity contribution is 1.29. The van der Waals surface area contributed by atoms with Crippen LogP contribution in [0.1, 0.15) is 0 Å². The summed E-state index contributed by atoms with van der Waals surface area (Å²) >= 11 is 7.65. The molecule has 25 heavy (non-hydrogen) atoms. The molecular weight excluding hydrogens is 348 g/mol. The molecule has 0 radical (unpaired) electrons. The monoisotopic (exact) mass is 362 g/mol. The zero-order valence-corrected chi connectivity index (χ0v) is 14.9. The zero-order valence-electron chi connectivity index (χ0n) is 13.3. The Morgan fingerprint density at radius 2 is 1.28 bits per heavy atom. The molecule has 0 saturated heterocycles. The van der Waals surface area contributed by atoms with Crippen molar-refractivity contribution in [3.63, 3.8) is 0 Å². The van der Waals surface area contributed by atoms with Crippen LogP contribution in [0.15, 0.2) is 91.1 Å². The molecule has 4 heteroatoms. The van der Waals surface area contributed by atoms with E-state index in [1.807, 2.05) is 66.9 Å². The van der Waals surface area contributed by atoms with Gasteiger partial charge >= 0.3 is 0 Å². The summed E-state index contributed by atoms with van der Waals surface area (Å²) in [5.41, 5.74) is 3.29. The highest BCUT2D eigenvalue weighted by Gasteiger charge is 2.15. The molecule has 0 N–H and O–H groups in total. The first kappa shape index (κ1) is 15.9. The summed E-state index contributed by atoms with van der Waals surface area (Å²) in [4.78, 5) is 6.84. The van der Waals surface area contributed by atoms with Gasteiger partial charge in [-0.3, -0.25) is 0 Å². The van der Waals surface area contributed by atoms with E-state index in [-0.39, 0.29) is 0 Å². The van der Waals surface area contributed by atoms with Gasteiger partial charge in [-0.2, -0.15) is 0 Å². The van der Waals surface area contributed by atoms with Crippen molar-refractivity contribution in [2.45, 2.75) is 0 Å². The predicted molar refractivity (Wildman–Crippen MR) is 107 cm³/mol. The number of aromatic nitrogens is 1. The molecule has 1 heterocycles. The molecule has 4 aromatic rings. The minimum Gasteiger partial charge on any atom is -0.301 e. The second-order valence-corrected chi connectivity index (χ2v) is 6.96. The van der Waals surface area contributed by atoms with Crippen LogP contribution in [-0.2, 0) is 0 Å². The topological polar surface area (TPSA) is 16.1 Å². The quantitative estimate of drug-likeness (QED) is 0.391. The average molecular weight is 363 g/mol. The Morgan fingerprint density at radius 1 is 0.720 bits per heavy atom. The molecule has 0 bridgehead atoms. The Kier molecular flexibility index (Phi) is 4.51. The fraction of sp³-hybridized carbons (Fsp3) is 0. The smallest absolute Gasteiger partial charge is 0.125 e. The van der Waals surface area contributed by atoms with E-state index in [1.54, 1.807) is 11.3 Å². The number of benzene rings is 3. The SMILES string of the molecule is Clc1ccc(-c2ncc(N(c3ccccc3)c3ccccc3)s2)cc1. The average Bonchev–Trinajstić information content (AvgIpc) is 3.14. The van der Waals surface area contributed by atoms with Crippen molar-refractivity contribution in [2.75, 3.05) is 4.90 Å². The van der Waals surface area contributed by atoms with Crippen LogP contribution < -0.4 is 4.90 Å². The molecule has 3 aromatic carbocycles. The van der Waals surface area contributed by atoms with Crippen LogP contribution in [0.5, 0.6) is 0 Å². The number of halogens is 1. The van der Waals surface area contributed by atoms with E-state index in [2.05, 4.69) is 34.1 Å². The van der Waals surface area contributed by atoms with E-state index in [0.29, 0.717) is 0 Å². The molecule has 0 saturated carbocycles. The Hall–Kier alpha value is -2.62. The molecule has 0 unspecified atom stereocenters. The minimum atomic E-state index is 0.732. The molecule has 1 aromatic heterocycles. The van der Waals surface area contributed by atoms with Gasteiger partial charge < -0.3 is 4.90 Å². The third kappa shape index (κ3) is 3.43. The highest BCUT2D eigenvalue weighted by atomic mass is 35.5. The fourth-order valence-electron chi connectivity index (χ4n) is 2.65. The van der Waals surface area contributed by atoms with Crippen LogP contribution >= 0.6 is 22.9 Å². The molecule has 0 aliphatic rings. The minimum absolute atomic E-state index is 0.732. The van der Waals surface area contributed by atoms with Gasteiger partial charge in [0.2, 0.25) is 0 Å². The van der Waals surface area contributed by atoms with Gasteiger partial charge in [-0.05, 0) is 36.4 Å². The zero-order chi connectivity index (χ0) is 17.1. The van der Waals surface area contributed by atoms with Crippen LogP contribution in [0.25, 0.3) is 10.6 Å². The summed E-state index contributed by atoms with van der Waals surface area (Å²) in [6.07, 6.45) is 1.93. The van der Waals surface area contributed by atoms with E-state index in [1.165, 1.54) is 0 Å². The van der Waals surface area contributed by atoms with Crippen molar-refractivity contribution in [3.8, 4) is 10.6 Å². The summed E-state index contributed by atoms with van der Waals surface area (Å²) in [6.45, 7) is 0. The van der Waals surface area contributed by atoms with E-state index in [9.17, 15) is 0 Å². The summed E-state index contributed by atoms with van der Waals surface area (Å²) in [7, 11) is 0. The Labute approximate surface area is 156 Å². The maximum absolute atomic E-state index is 5.99. The van der Waals surface area contributed by atoms with Gasteiger partial charge in [-0.1, -0.05) is 71.5 Å². The number of nitrogens with zero attached hydrogens (tertiary/aromatic N) is 2. The van der Waals surface area contributed by atoms with Crippen molar-refractivity contribution in [3.05, 3.63) is 96.1 Å². The maximum atomic E-state index is 5.99. The van der Waals surface area contributed by atoms with Gasteiger partial charge in [-0.25, -0.2) is 4.98 Å². The van der Waals surface area contributed by atoms with Gasteiger partial charge in [-0.15, -0.1) is 0 Å². The summed E-state index contributed by atoms with van der Waals surface area (Å²) in [5, 5.41) is 2.78. The normalized spacial score (nSPS) is 10.6. The second-order valence-electron chi connectivity index (χ2n) is 5.52. The third-order valence-corrected chi connectivity index (χ3v) is 5.12. The summed E-state index contributed by atoms with van der Waals surface area (Å²) in [6, 6.07) is 28.5. The molecular formula is C21H15ClN2S. The van der Waals surface area contributed by atoms with Crippen LogP contribution in [0.3, 0.4) is 0 Å². The molecule has 0 amide bonds. The molecule has 2 nitrogen and oxygen atoms in total.